The lowest BCUT2D eigenvalue weighted by Gasteiger charge is -1.94. The van der Waals surface area contributed by atoms with E-state index in [9.17, 15) is 0 Å². The molecule has 0 amide bonds. The summed E-state index contributed by atoms with van der Waals surface area (Å²) in [5.74, 6) is 1.19. The van der Waals surface area contributed by atoms with Crippen molar-refractivity contribution in [2.45, 2.75) is 12.8 Å². The van der Waals surface area contributed by atoms with Gasteiger partial charge in [0.2, 0.25) is 5.84 Å². The number of anilines is 1. The fourth-order valence-corrected chi connectivity index (χ4v) is 2.65. The van der Waals surface area contributed by atoms with Crippen molar-refractivity contribution in [1.82, 2.24) is 4.98 Å². The standard InChI is InChI=1S/C13H13N3S/c1-2-5-10(6-3-1)11-9-17-13(15-11)16-12-7-4-8-14-12/h1-3,5-6,9H,4,7-8H2,(H,14,15,16)/p+1. The molecule has 4 heteroatoms. The number of rotatable bonds is 2. The molecule has 0 saturated carbocycles. The molecule has 1 aromatic carbocycles. The maximum atomic E-state index is 4.59. The van der Waals surface area contributed by atoms with Gasteiger partial charge in [0.25, 0.3) is 5.13 Å². The summed E-state index contributed by atoms with van der Waals surface area (Å²) in [5.41, 5.74) is 2.21. The number of benzene rings is 1. The maximum Gasteiger partial charge on any atom is 0.277 e. The predicted molar refractivity (Wildman–Crippen MR) is 71.2 cm³/mol. The van der Waals surface area contributed by atoms with Gasteiger partial charge in [0.05, 0.1) is 18.7 Å². The van der Waals surface area contributed by atoms with Crippen LogP contribution in [-0.2, 0) is 0 Å². The van der Waals surface area contributed by atoms with Crippen molar-refractivity contribution in [3.63, 3.8) is 0 Å². The van der Waals surface area contributed by atoms with E-state index in [1.54, 1.807) is 11.3 Å². The Morgan fingerprint density at radius 1 is 1.24 bits per heavy atom. The largest absolute Gasteiger partial charge is 0.278 e. The molecule has 0 unspecified atom stereocenters. The average molecular weight is 244 g/mol. The Morgan fingerprint density at radius 3 is 2.88 bits per heavy atom. The molecule has 86 valence electrons. The number of nitrogens with one attached hydrogen (secondary N) is 2. The molecule has 3 nitrogen and oxygen atoms in total. The number of aromatic nitrogens is 1. The van der Waals surface area contributed by atoms with E-state index < -0.39 is 0 Å². The van der Waals surface area contributed by atoms with Crippen LogP contribution in [0, 0.1) is 0 Å². The molecule has 0 saturated heterocycles. The van der Waals surface area contributed by atoms with Crippen LogP contribution < -0.4 is 10.3 Å². The van der Waals surface area contributed by atoms with Crippen molar-refractivity contribution in [3.05, 3.63) is 35.7 Å². The number of hydrogen-bond acceptors (Lipinski definition) is 3. The molecule has 1 aromatic heterocycles. The Kier molecular flexibility index (Phi) is 2.88. The third-order valence-electron chi connectivity index (χ3n) is 2.77. The molecular weight excluding hydrogens is 230 g/mol. The highest BCUT2D eigenvalue weighted by Gasteiger charge is 2.15. The minimum absolute atomic E-state index is 0.966. The molecule has 0 aliphatic carbocycles. The fraction of sp³-hybridized carbons (Fsp3) is 0.231. The Morgan fingerprint density at radius 2 is 2.12 bits per heavy atom. The molecule has 3 rings (SSSR count). The minimum Gasteiger partial charge on any atom is -0.278 e. The SMILES string of the molecule is c1ccc(-c2csc(NC3=[NH+]CCC3)n2)cc1. The highest BCUT2D eigenvalue weighted by atomic mass is 32.1. The zero-order valence-corrected chi connectivity index (χ0v) is 10.3. The van der Waals surface area contributed by atoms with Gasteiger partial charge in [-0.3, -0.25) is 4.99 Å². The Hall–Kier alpha value is -1.68. The number of thiazole rings is 1. The summed E-state index contributed by atoms with van der Waals surface area (Å²) in [4.78, 5) is 7.92. The van der Waals surface area contributed by atoms with Gasteiger partial charge in [-0.05, 0) is 6.42 Å². The van der Waals surface area contributed by atoms with Gasteiger partial charge in [-0.2, -0.15) is 4.98 Å². The molecule has 0 spiro atoms. The molecular formula is C13H14N3S+. The molecule has 2 N–H and O–H groups in total. The Bertz CT molecular complexity index is 531. The van der Waals surface area contributed by atoms with Crippen molar-refractivity contribution in [3.8, 4) is 11.3 Å². The number of nitrogens with zero attached hydrogens (tertiary/aromatic N) is 1. The van der Waals surface area contributed by atoms with Crippen LogP contribution in [0.1, 0.15) is 12.8 Å². The first-order valence-electron chi connectivity index (χ1n) is 5.79. The lowest BCUT2D eigenvalue weighted by molar-refractivity contribution is -0.447. The molecule has 2 aromatic rings. The lowest BCUT2D eigenvalue weighted by atomic mass is 10.2. The van der Waals surface area contributed by atoms with Crippen molar-refractivity contribution in [2.24, 2.45) is 0 Å². The first-order valence-corrected chi connectivity index (χ1v) is 6.67. The molecule has 0 atom stereocenters. The summed E-state index contributed by atoms with van der Waals surface area (Å²) in [7, 11) is 0. The Balaban J connectivity index is 1.78. The quantitative estimate of drug-likeness (QED) is 0.840. The van der Waals surface area contributed by atoms with Crippen LogP contribution in [0.2, 0.25) is 0 Å². The predicted octanol–water partition coefficient (Wildman–Crippen LogP) is 1.49. The van der Waals surface area contributed by atoms with E-state index in [-0.39, 0.29) is 0 Å². The molecule has 0 fully saturated rings. The number of hydrogen-bond donors (Lipinski definition) is 2. The second kappa shape index (κ2) is 4.67. The zero-order chi connectivity index (χ0) is 11.5. The molecule has 0 bridgehead atoms. The topological polar surface area (TPSA) is 38.9 Å². The lowest BCUT2D eigenvalue weighted by Crippen LogP contribution is -2.70. The number of amidine groups is 1. The highest BCUT2D eigenvalue weighted by molar-refractivity contribution is 7.14. The summed E-state index contributed by atoms with van der Waals surface area (Å²) in [6.07, 6.45) is 2.31. The van der Waals surface area contributed by atoms with Gasteiger partial charge >= 0.3 is 0 Å². The van der Waals surface area contributed by atoms with Gasteiger partial charge in [0.1, 0.15) is 0 Å². The molecule has 1 aliphatic rings. The van der Waals surface area contributed by atoms with E-state index in [0.717, 1.165) is 23.8 Å². The monoisotopic (exact) mass is 244 g/mol. The van der Waals surface area contributed by atoms with Crippen LogP contribution in [0.4, 0.5) is 5.13 Å². The van der Waals surface area contributed by atoms with Crippen LogP contribution in [0.5, 0.6) is 0 Å². The summed E-state index contributed by atoms with van der Waals surface area (Å²) < 4.78 is 0. The van der Waals surface area contributed by atoms with Crippen LogP contribution >= 0.6 is 11.3 Å². The summed E-state index contributed by atoms with van der Waals surface area (Å²) in [6, 6.07) is 10.3. The fourth-order valence-electron chi connectivity index (χ4n) is 1.90. The van der Waals surface area contributed by atoms with Crippen molar-refractivity contribution < 1.29 is 4.99 Å². The van der Waals surface area contributed by atoms with Gasteiger partial charge in [-0.25, -0.2) is 5.32 Å². The molecule has 17 heavy (non-hydrogen) atoms. The van der Waals surface area contributed by atoms with Gasteiger partial charge in [0.15, 0.2) is 0 Å². The smallest absolute Gasteiger partial charge is 0.277 e. The minimum atomic E-state index is 0.966. The van der Waals surface area contributed by atoms with E-state index in [1.807, 2.05) is 18.2 Å². The van der Waals surface area contributed by atoms with Gasteiger partial charge in [-0.15, -0.1) is 0 Å². The summed E-state index contributed by atoms with van der Waals surface area (Å²) >= 11 is 1.65. The third kappa shape index (κ3) is 2.36. The van der Waals surface area contributed by atoms with Crippen LogP contribution in [0.3, 0.4) is 0 Å². The summed E-state index contributed by atoms with van der Waals surface area (Å²) in [5, 5.41) is 6.40. The molecule has 2 heterocycles. The maximum absolute atomic E-state index is 4.59. The van der Waals surface area contributed by atoms with E-state index >= 15 is 0 Å². The normalized spacial score (nSPS) is 14.7. The van der Waals surface area contributed by atoms with Gasteiger partial charge in [-0.1, -0.05) is 41.7 Å². The average Bonchev–Trinajstić information content (AvgIpc) is 3.02. The van der Waals surface area contributed by atoms with E-state index in [2.05, 4.69) is 32.8 Å². The van der Waals surface area contributed by atoms with Gasteiger partial charge < -0.3 is 0 Å². The molecule has 1 aliphatic heterocycles. The second-order valence-electron chi connectivity index (χ2n) is 4.04. The Labute approximate surface area is 104 Å². The van der Waals surface area contributed by atoms with Crippen LogP contribution in [-0.4, -0.2) is 17.4 Å². The van der Waals surface area contributed by atoms with Crippen molar-refractivity contribution in [1.29, 1.82) is 0 Å². The molecule has 0 radical (unpaired) electrons. The van der Waals surface area contributed by atoms with Crippen molar-refractivity contribution in [2.75, 3.05) is 11.9 Å². The van der Waals surface area contributed by atoms with Crippen LogP contribution in [0.15, 0.2) is 35.7 Å². The van der Waals surface area contributed by atoms with E-state index in [1.165, 1.54) is 17.8 Å². The van der Waals surface area contributed by atoms with Crippen molar-refractivity contribution >= 4 is 22.3 Å². The van der Waals surface area contributed by atoms with E-state index in [0.29, 0.717) is 0 Å². The summed E-state index contributed by atoms with van der Waals surface area (Å²) in [6.45, 7) is 1.07. The third-order valence-corrected chi connectivity index (χ3v) is 3.53. The highest BCUT2D eigenvalue weighted by Crippen LogP contribution is 2.24. The van der Waals surface area contributed by atoms with Gasteiger partial charge in [0, 0.05) is 10.9 Å². The van der Waals surface area contributed by atoms with Crippen LogP contribution in [0.25, 0.3) is 11.3 Å². The first kappa shape index (κ1) is 10.5. The first-order chi connectivity index (χ1) is 8.42. The second-order valence-corrected chi connectivity index (χ2v) is 4.90. The van der Waals surface area contributed by atoms with E-state index in [4.69, 9.17) is 0 Å². The zero-order valence-electron chi connectivity index (χ0n) is 9.44.